The van der Waals surface area contributed by atoms with Gasteiger partial charge in [-0.2, -0.15) is 5.10 Å². The van der Waals surface area contributed by atoms with Crippen LogP contribution in [0, 0.1) is 0 Å². The van der Waals surface area contributed by atoms with Crippen molar-refractivity contribution in [2.75, 3.05) is 7.11 Å². The molecule has 4 aromatic rings. The van der Waals surface area contributed by atoms with E-state index in [4.69, 9.17) is 27.9 Å². The molecule has 0 aliphatic carbocycles. The number of benzene rings is 3. The van der Waals surface area contributed by atoms with Crippen molar-refractivity contribution >= 4 is 35.0 Å². The third-order valence-electron chi connectivity index (χ3n) is 5.18. The predicted octanol–water partition coefficient (Wildman–Crippen LogP) is 5.55. The molecule has 1 heterocycles. The van der Waals surface area contributed by atoms with Gasteiger partial charge in [-0.1, -0.05) is 83.9 Å². The van der Waals surface area contributed by atoms with Crippen LogP contribution < -0.4 is 5.56 Å². The first-order valence-corrected chi connectivity index (χ1v) is 11.0. The largest absolute Gasteiger partial charge is 0.465 e. The van der Waals surface area contributed by atoms with Gasteiger partial charge in [-0.25, -0.2) is 9.48 Å². The van der Waals surface area contributed by atoms with Gasteiger partial charge in [0.2, 0.25) is 0 Å². The SMILES string of the molecule is COC(=O)c1c(-c2ccccc2)c(-c2ccccc2)nn(CC(=O)c2ccc(Cl)cc2Cl)c1=O. The van der Waals surface area contributed by atoms with Crippen molar-refractivity contribution in [3.8, 4) is 22.4 Å². The lowest BCUT2D eigenvalue weighted by molar-refractivity contribution is 0.0597. The van der Waals surface area contributed by atoms with Gasteiger partial charge in [0, 0.05) is 21.7 Å². The maximum atomic E-state index is 13.4. The molecular weight excluding hydrogens is 475 g/mol. The molecule has 8 heteroatoms. The van der Waals surface area contributed by atoms with E-state index < -0.39 is 23.9 Å². The normalized spacial score (nSPS) is 10.7. The van der Waals surface area contributed by atoms with Crippen LogP contribution in [0.4, 0.5) is 0 Å². The number of ether oxygens (including phenoxy) is 1. The lowest BCUT2D eigenvalue weighted by Gasteiger charge is -2.16. The molecule has 1 aromatic heterocycles. The summed E-state index contributed by atoms with van der Waals surface area (Å²) in [7, 11) is 1.20. The zero-order chi connectivity index (χ0) is 24.2. The van der Waals surface area contributed by atoms with E-state index in [2.05, 4.69) is 5.10 Å². The topological polar surface area (TPSA) is 78.3 Å². The Balaban J connectivity index is 1.96. The molecule has 0 spiro atoms. The van der Waals surface area contributed by atoms with Crippen LogP contribution in [0.5, 0.6) is 0 Å². The van der Waals surface area contributed by atoms with Gasteiger partial charge in [0.05, 0.1) is 17.8 Å². The summed E-state index contributed by atoms with van der Waals surface area (Å²) >= 11 is 12.1. The summed E-state index contributed by atoms with van der Waals surface area (Å²) in [6.07, 6.45) is 0. The molecule has 0 aliphatic rings. The quantitative estimate of drug-likeness (QED) is 0.260. The summed E-state index contributed by atoms with van der Waals surface area (Å²) in [5, 5.41) is 5.05. The maximum absolute atomic E-state index is 13.4. The number of hydrogen-bond acceptors (Lipinski definition) is 5. The summed E-state index contributed by atoms with van der Waals surface area (Å²) < 4.78 is 5.91. The van der Waals surface area contributed by atoms with E-state index in [1.807, 2.05) is 36.4 Å². The molecule has 0 unspecified atom stereocenters. The number of ketones is 1. The van der Waals surface area contributed by atoms with Crippen LogP contribution in [0.1, 0.15) is 20.7 Å². The Morgan fingerprint density at radius 1 is 0.912 bits per heavy atom. The van der Waals surface area contributed by atoms with Gasteiger partial charge < -0.3 is 4.74 Å². The number of methoxy groups -OCH3 is 1. The lowest BCUT2D eigenvalue weighted by atomic mass is 9.95. The average Bonchev–Trinajstić information content (AvgIpc) is 2.85. The van der Waals surface area contributed by atoms with Crippen molar-refractivity contribution < 1.29 is 14.3 Å². The number of aromatic nitrogens is 2. The molecule has 6 nitrogen and oxygen atoms in total. The third kappa shape index (κ3) is 4.64. The van der Waals surface area contributed by atoms with Crippen LogP contribution in [-0.2, 0) is 11.3 Å². The Morgan fingerprint density at radius 3 is 2.12 bits per heavy atom. The Hall–Kier alpha value is -3.74. The fourth-order valence-electron chi connectivity index (χ4n) is 3.59. The number of esters is 1. The first-order chi connectivity index (χ1) is 16.4. The smallest absolute Gasteiger partial charge is 0.344 e. The summed E-state index contributed by atoms with van der Waals surface area (Å²) in [5.41, 5.74) is 1.20. The van der Waals surface area contributed by atoms with Gasteiger partial charge in [0.25, 0.3) is 5.56 Å². The second-order valence-electron chi connectivity index (χ2n) is 7.33. The number of hydrogen-bond donors (Lipinski definition) is 0. The number of carbonyl (C=O) groups excluding carboxylic acids is 2. The Morgan fingerprint density at radius 2 is 1.53 bits per heavy atom. The predicted molar refractivity (Wildman–Crippen MR) is 132 cm³/mol. The van der Waals surface area contributed by atoms with Crippen LogP contribution in [0.2, 0.25) is 10.0 Å². The molecule has 0 saturated heterocycles. The van der Waals surface area contributed by atoms with Crippen LogP contribution in [0.3, 0.4) is 0 Å². The van der Waals surface area contributed by atoms with Crippen LogP contribution in [-0.4, -0.2) is 28.6 Å². The highest BCUT2D eigenvalue weighted by atomic mass is 35.5. The molecule has 0 aliphatic heterocycles. The minimum atomic E-state index is -0.825. The van der Waals surface area contributed by atoms with Crippen molar-refractivity contribution in [2.45, 2.75) is 6.54 Å². The second-order valence-corrected chi connectivity index (χ2v) is 8.18. The van der Waals surface area contributed by atoms with Gasteiger partial charge >= 0.3 is 5.97 Å². The van der Waals surface area contributed by atoms with Crippen LogP contribution >= 0.6 is 23.2 Å². The van der Waals surface area contributed by atoms with E-state index in [0.717, 1.165) is 4.68 Å². The van der Waals surface area contributed by atoms with Crippen molar-refractivity contribution in [1.82, 2.24) is 9.78 Å². The minimum Gasteiger partial charge on any atom is -0.465 e. The molecule has 0 amide bonds. The molecule has 0 fully saturated rings. The summed E-state index contributed by atoms with van der Waals surface area (Å²) in [6.45, 7) is -0.431. The molecular formula is C26H18Cl2N2O4. The van der Waals surface area contributed by atoms with E-state index in [9.17, 15) is 14.4 Å². The summed E-state index contributed by atoms with van der Waals surface area (Å²) in [4.78, 5) is 39.3. The molecule has 0 bridgehead atoms. The lowest BCUT2D eigenvalue weighted by Crippen LogP contribution is -2.33. The van der Waals surface area contributed by atoms with Gasteiger partial charge in [0.15, 0.2) is 5.78 Å². The monoisotopic (exact) mass is 492 g/mol. The van der Waals surface area contributed by atoms with Crippen LogP contribution in [0.25, 0.3) is 22.4 Å². The van der Waals surface area contributed by atoms with Gasteiger partial charge in [-0.3, -0.25) is 9.59 Å². The van der Waals surface area contributed by atoms with Gasteiger partial charge in [-0.05, 0) is 23.8 Å². The highest BCUT2D eigenvalue weighted by Crippen LogP contribution is 2.32. The molecule has 170 valence electrons. The fourth-order valence-corrected chi connectivity index (χ4v) is 4.10. The second kappa shape index (κ2) is 10.0. The van der Waals surface area contributed by atoms with Crippen LogP contribution in [0.15, 0.2) is 83.7 Å². The fraction of sp³-hybridized carbons (Fsp3) is 0.0769. The van der Waals surface area contributed by atoms with Gasteiger partial charge in [0.1, 0.15) is 12.1 Å². The minimum absolute atomic E-state index is 0.155. The summed E-state index contributed by atoms with van der Waals surface area (Å²) in [6, 6.07) is 22.5. The zero-order valence-electron chi connectivity index (χ0n) is 18.0. The summed E-state index contributed by atoms with van der Waals surface area (Å²) in [5.74, 6) is -1.28. The van der Waals surface area contributed by atoms with Crippen molar-refractivity contribution in [3.05, 3.63) is 110 Å². The van der Waals surface area contributed by atoms with E-state index in [-0.39, 0.29) is 16.1 Å². The standard InChI is InChI=1S/C26H18Cl2N2O4/c1-34-26(33)23-22(16-8-4-2-5-9-16)24(17-10-6-3-7-11-17)29-30(25(23)32)15-21(31)19-13-12-18(27)14-20(19)28/h2-14H,15H2,1H3. The van der Waals surface area contributed by atoms with Crippen molar-refractivity contribution in [1.29, 1.82) is 0 Å². The van der Waals surface area contributed by atoms with E-state index in [0.29, 0.717) is 27.4 Å². The highest BCUT2D eigenvalue weighted by Gasteiger charge is 2.26. The number of Topliss-reactive ketones (excluding diaryl/α,β-unsaturated/α-hetero) is 1. The van der Waals surface area contributed by atoms with E-state index in [1.165, 1.54) is 25.3 Å². The molecule has 0 N–H and O–H groups in total. The molecule has 0 radical (unpaired) electrons. The van der Waals surface area contributed by atoms with Crippen molar-refractivity contribution in [2.24, 2.45) is 0 Å². The van der Waals surface area contributed by atoms with Crippen molar-refractivity contribution in [3.63, 3.8) is 0 Å². The first kappa shape index (κ1) is 23.4. The third-order valence-corrected chi connectivity index (χ3v) is 5.73. The number of halogens is 2. The number of rotatable bonds is 6. The highest BCUT2D eigenvalue weighted by molar-refractivity contribution is 6.36. The zero-order valence-corrected chi connectivity index (χ0v) is 19.5. The molecule has 3 aromatic carbocycles. The van der Waals surface area contributed by atoms with E-state index in [1.54, 1.807) is 24.3 Å². The molecule has 34 heavy (non-hydrogen) atoms. The number of carbonyl (C=O) groups is 2. The van der Waals surface area contributed by atoms with E-state index >= 15 is 0 Å². The first-order valence-electron chi connectivity index (χ1n) is 10.2. The van der Waals surface area contributed by atoms with Gasteiger partial charge in [-0.15, -0.1) is 0 Å². The molecule has 0 atom stereocenters. The molecule has 0 saturated carbocycles. The number of nitrogens with zero attached hydrogens (tertiary/aromatic N) is 2. The maximum Gasteiger partial charge on any atom is 0.344 e. The Labute approximate surface area is 205 Å². The molecule has 4 rings (SSSR count). The Kier molecular flexibility index (Phi) is 6.91. The Bertz CT molecular complexity index is 1430. The average molecular weight is 493 g/mol.